The molecule has 0 fully saturated rings. The highest BCUT2D eigenvalue weighted by molar-refractivity contribution is 6.11. The topological polar surface area (TPSA) is 106 Å². The van der Waals surface area contributed by atoms with Crippen LogP contribution in [0.2, 0.25) is 0 Å². The highest BCUT2D eigenvalue weighted by Crippen LogP contribution is 2.38. The number of urea groups is 1. The first-order chi connectivity index (χ1) is 16.4. The first-order valence-electron chi connectivity index (χ1n) is 10.4. The van der Waals surface area contributed by atoms with Crippen molar-refractivity contribution in [3.8, 4) is 11.6 Å². The zero-order valence-electron chi connectivity index (χ0n) is 18.5. The van der Waals surface area contributed by atoms with Crippen molar-refractivity contribution in [2.24, 2.45) is 4.99 Å². The van der Waals surface area contributed by atoms with Crippen LogP contribution in [-0.4, -0.2) is 42.7 Å². The number of halogens is 2. The van der Waals surface area contributed by atoms with Gasteiger partial charge < -0.3 is 15.2 Å². The van der Waals surface area contributed by atoms with Crippen LogP contribution in [0.15, 0.2) is 53.5 Å². The van der Waals surface area contributed by atoms with Crippen LogP contribution in [0.5, 0.6) is 11.6 Å². The molecule has 176 valence electrons. The summed E-state index contributed by atoms with van der Waals surface area (Å²) in [6.07, 6.45) is 1.61. The van der Waals surface area contributed by atoms with Crippen LogP contribution in [-0.2, 0) is 6.54 Å². The van der Waals surface area contributed by atoms with Gasteiger partial charge in [-0.2, -0.15) is 8.78 Å². The van der Waals surface area contributed by atoms with Gasteiger partial charge in [0.1, 0.15) is 11.4 Å². The van der Waals surface area contributed by atoms with Gasteiger partial charge in [0.2, 0.25) is 5.88 Å². The molecule has 2 N–H and O–H groups in total. The number of carbonyl (C=O) groups excluding carboxylic acids is 1. The molecule has 9 nitrogen and oxygen atoms in total. The lowest BCUT2D eigenvalue weighted by Crippen LogP contribution is -2.45. The van der Waals surface area contributed by atoms with Crippen LogP contribution in [0.4, 0.5) is 36.3 Å². The smallest absolute Gasteiger partial charge is 0.387 e. The van der Waals surface area contributed by atoms with Crippen LogP contribution in [0.3, 0.4) is 0 Å². The number of nitrogen functional groups attached to an aromatic ring is 1. The van der Waals surface area contributed by atoms with Crippen LogP contribution < -0.4 is 25.0 Å². The summed E-state index contributed by atoms with van der Waals surface area (Å²) in [4.78, 5) is 20.7. The summed E-state index contributed by atoms with van der Waals surface area (Å²) in [5, 5.41) is 8.36. The fraction of sp³-hybridized carbons (Fsp3) is 0.217. The molecule has 34 heavy (non-hydrogen) atoms. The Morgan fingerprint density at radius 2 is 1.88 bits per heavy atom. The van der Waals surface area contributed by atoms with Crippen molar-refractivity contribution in [2.75, 3.05) is 29.2 Å². The van der Waals surface area contributed by atoms with E-state index in [1.165, 1.54) is 34.1 Å². The van der Waals surface area contributed by atoms with Crippen LogP contribution in [0.25, 0.3) is 0 Å². The number of ether oxygens (including phenoxy) is 2. The van der Waals surface area contributed by atoms with Crippen molar-refractivity contribution in [1.82, 2.24) is 10.2 Å². The van der Waals surface area contributed by atoms with Crippen LogP contribution >= 0.6 is 0 Å². The van der Waals surface area contributed by atoms with E-state index in [2.05, 4.69) is 19.9 Å². The number of hydrogen-bond acceptors (Lipinski definition) is 7. The van der Waals surface area contributed by atoms with E-state index in [0.29, 0.717) is 40.6 Å². The zero-order chi connectivity index (χ0) is 24.2. The van der Waals surface area contributed by atoms with Gasteiger partial charge in [-0.25, -0.2) is 4.79 Å². The second kappa shape index (κ2) is 9.69. The van der Waals surface area contributed by atoms with Crippen molar-refractivity contribution in [3.63, 3.8) is 0 Å². The average molecular weight is 468 g/mol. The summed E-state index contributed by atoms with van der Waals surface area (Å²) in [6, 6.07) is 12.2. The summed E-state index contributed by atoms with van der Waals surface area (Å²) in [7, 11) is 1.63. The van der Waals surface area contributed by atoms with Crippen LogP contribution in [0, 0.1) is 0 Å². The first-order valence-corrected chi connectivity index (χ1v) is 10.4. The summed E-state index contributed by atoms with van der Waals surface area (Å²) in [5.74, 6) is 0.240. The lowest BCUT2D eigenvalue weighted by atomic mass is 10.1. The Labute approximate surface area is 194 Å². The average Bonchev–Trinajstić information content (AvgIpc) is 2.81. The quantitative estimate of drug-likeness (QED) is 0.407. The van der Waals surface area contributed by atoms with E-state index in [-0.39, 0.29) is 24.2 Å². The standard InChI is InChI=1S/C23H22F2N6O3/c1-3-33-21-11-20-19(28-29-21)13-30(16-6-9-18(26)14(10-16)12-27-2)23(32)31(20)15-4-7-17(8-5-15)34-22(24)25/h4-12,22H,3,13,26H2,1-2H3. The lowest BCUT2D eigenvalue weighted by molar-refractivity contribution is -0.0498. The Hall–Kier alpha value is -4.28. The molecule has 0 unspecified atom stereocenters. The number of nitrogens with two attached hydrogens (primary N) is 1. The van der Waals surface area contributed by atoms with Gasteiger partial charge in [0.25, 0.3) is 0 Å². The predicted octanol–water partition coefficient (Wildman–Crippen LogP) is 4.39. The molecule has 3 aromatic rings. The number of hydrogen-bond donors (Lipinski definition) is 1. The maximum Gasteiger partial charge on any atom is 0.387 e. The van der Waals surface area contributed by atoms with Gasteiger partial charge >= 0.3 is 12.6 Å². The maximum absolute atomic E-state index is 13.7. The second-order valence-electron chi connectivity index (χ2n) is 7.22. The molecule has 0 saturated heterocycles. The van der Waals surface area contributed by atoms with E-state index >= 15 is 0 Å². The van der Waals surface area contributed by atoms with Crippen molar-refractivity contribution in [3.05, 3.63) is 59.8 Å². The lowest BCUT2D eigenvalue weighted by Gasteiger charge is -2.36. The van der Waals surface area contributed by atoms with Crippen LogP contribution in [0.1, 0.15) is 18.2 Å². The Kier molecular flexibility index (Phi) is 6.53. The minimum absolute atomic E-state index is 0.0230. The molecule has 0 atom stereocenters. The molecule has 0 bridgehead atoms. The van der Waals surface area contributed by atoms with E-state index in [1.807, 2.05) is 6.92 Å². The van der Waals surface area contributed by atoms with Gasteiger partial charge in [-0.1, -0.05) is 0 Å². The first kappa shape index (κ1) is 22.9. The fourth-order valence-corrected chi connectivity index (χ4v) is 3.56. The summed E-state index contributed by atoms with van der Waals surface area (Å²) in [5.41, 5.74) is 9.22. The minimum atomic E-state index is -2.95. The number of carbonyl (C=O) groups is 1. The van der Waals surface area contributed by atoms with E-state index < -0.39 is 6.61 Å². The summed E-state index contributed by atoms with van der Waals surface area (Å²) in [6.45, 7) is -0.607. The van der Waals surface area contributed by atoms with E-state index in [0.717, 1.165) is 0 Å². The third kappa shape index (κ3) is 4.58. The molecule has 1 aliphatic heterocycles. The van der Waals surface area contributed by atoms with Crippen molar-refractivity contribution in [2.45, 2.75) is 20.1 Å². The van der Waals surface area contributed by atoms with Gasteiger partial charge in [0, 0.05) is 36.3 Å². The monoisotopic (exact) mass is 468 g/mol. The second-order valence-corrected chi connectivity index (χ2v) is 7.22. The number of benzene rings is 2. The molecule has 0 saturated carbocycles. The fourth-order valence-electron chi connectivity index (χ4n) is 3.56. The normalized spacial score (nSPS) is 13.5. The highest BCUT2D eigenvalue weighted by Gasteiger charge is 2.34. The Morgan fingerprint density at radius 1 is 1.15 bits per heavy atom. The minimum Gasteiger partial charge on any atom is -0.477 e. The molecule has 0 radical (unpaired) electrons. The molecule has 2 amide bonds. The van der Waals surface area contributed by atoms with E-state index in [1.54, 1.807) is 37.5 Å². The van der Waals surface area contributed by atoms with Gasteiger partial charge in [0.15, 0.2) is 0 Å². The molecular formula is C23H22F2N6O3. The number of nitrogens with zero attached hydrogens (tertiary/aromatic N) is 5. The molecular weight excluding hydrogens is 446 g/mol. The van der Waals surface area contributed by atoms with E-state index in [9.17, 15) is 13.6 Å². The number of aliphatic imine (C=N–C) groups is 1. The third-order valence-corrected chi connectivity index (χ3v) is 5.06. The number of alkyl halides is 2. The Bertz CT molecular complexity index is 1220. The predicted molar refractivity (Wildman–Crippen MR) is 124 cm³/mol. The number of anilines is 4. The SMILES string of the molecule is CCOc1cc2c(nn1)CN(c1ccc(N)c(C=NC)c1)C(=O)N2c1ccc(OC(F)F)cc1. The van der Waals surface area contributed by atoms with Gasteiger partial charge in [-0.05, 0) is 49.4 Å². The largest absolute Gasteiger partial charge is 0.477 e. The summed E-state index contributed by atoms with van der Waals surface area (Å²) >= 11 is 0. The van der Waals surface area contributed by atoms with Gasteiger partial charge in [-0.15, -0.1) is 10.2 Å². The molecule has 11 heteroatoms. The third-order valence-electron chi connectivity index (χ3n) is 5.06. The van der Waals surface area contributed by atoms with Gasteiger partial charge in [-0.3, -0.25) is 14.8 Å². The number of fused-ring (bicyclic) bond motifs is 1. The molecule has 2 aromatic carbocycles. The molecule has 1 aliphatic rings. The van der Waals surface area contributed by atoms with Gasteiger partial charge in [0.05, 0.1) is 24.5 Å². The maximum atomic E-state index is 13.7. The molecule has 1 aromatic heterocycles. The molecule has 4 rings (SSSR count). The zero-order valence-corrected chi connectivity index (χ0v) is 18.5. The Morgan fingerprint density at radius 3 is 2.56 bits per heavy atom. The van der Waals surface area contributed by atoms with Crippen molar-refractivity contribution < 1.29 is 23.0 Å². The molecule has 0 aliphatic carbocycles. The number of aromatic nitrogens is 2. The van der Waals surface area contributed by atoms with Crippen molar-refractivity contribution >= 4 is 35.0 Å². The number of amides is 2. The molecule has 2 heterocycles. The highest BCUT2D eigenvalue weighted by atomic mass is 19.3. The number of rotatable bonds is 7. The summed E-state index contributed by atoms with van der Waals surface area (Å²) < 4.78 is 35.0. The van der Waals surface area contributed by atoms with Crippen molar-refractivity contribution in [1.29, 1.82) is 0 Å². The Balaban J connectivity index is 1.79. The molecule has 0 spiro atoms. The van der Waals surface area contributed by atoms with E-state index in [4.69, 9.17) is 10.5 Å².